The largest absolute Gasteiger partial charge is 0.707 e. The molecule has 0 fully saturated rings. The molecule has 0 radical (unpaired) electrons. The molecule has 3 nitrogen and oxygen atoms in total. The molecule has 0 unspecified atom stereocenters. The lowest BCUT2D eigenvalue weighted by Crippen LogP contribution is -2.21. The zero-order chi connectivity index (χ0) is 10.8. The van der Waals surface area contributed by atoms with Crippen LogP contribution in [0.25, 0.3) is 10.8 Å². The summed E-state index contributed by atoms with van der Waals surface area (Å²) < 4.78 is 17.8. The summed E-state index contributed by atoms with van der Waals surface area (Å²) in [4.78, 5) is 0. The van der Waals surface area contributed by atoms with E-state index in [1.165, 1.54) is 12.1 Å². The van der Waals surface area contributed by atoms with Gasteiger partial charge >= 0.3 is 7.32 Å². The van der Waals surface area contributed by atoms with Crippen LogP contribution >= 0.6 is 0 Å². The molecule has 0 bridgehead atoms. The van der Waals surface area contributed by atoms with Crippen molar-refractivity contribution in [1.29, 1.82) is 0 Å². The van der Waals surface area contributed by atoms with Gasteiger partial charge in [-0.2, -0.15) is 0 Å². The van der Waals surface area contributed by atoms with Gasteiger partial charge in [0.25, 0.3) is 0 Å². The Balaban J connectivity index is 2.52. The molecule has 15 heavy (non-hydrogen) atoms. The molecule has 0 aromatic heterocycles. The Kier molecular flexibility index (Phi) is 2.57. The van der Waals surface area contributed by atoms with E-state index in [1.807, 2.05) is 0 Å². The Bertz CT molecular complexity index is 487. The third kappa shape index (κ3) is 2.08. The van der Waals surface area contributed by atoms with Crippen LogP contribution in [-0.2, 0) is 0 Å². The number of hydrogen-bond acceptors (Lipinski definition) is 3. The van der Waals surface area contributed by atoms with Crippen LogP contribution in [0.1, 0.15) is 0 Å². The zero-order valence-electron chi connectivity index (χ0n) is 7.72. The molecule has 2 aromatic rings. The Morgan fingerprint density at radius 2 is 1.67 bits per heavy atom. The van der Waals surface area contributed by atoms with Crippen LogP contribution < -0.4 is 4.65 Å². The zero-order valence-corrected chi connectivity index (χ0v) is 7.72. The van der Waals surface area contributed by atoms with Crippen LogP contribution in [0.2, 0.25) is 0 Å². The van der Waals surface area contributed by atoms with Crippen LogP contribution in [0.15, 0.2) is 36.4 Å². The summed E-state index contributed by atoms with van der Waals surface area (Å²) >= 11 is 0. The van der Waals surface area contributed by atoms with Gasteiger partial charge in [-0.25, -0.2) is 4.39 Å². The highest BCUT2D eigenvalue weighted by atomic mass is 19.1. The van der Waals surface area contributed by atoms with Gasteiger partial charge in [-0.1, -0.05) is 24.3 Å². The molecule has 0 aliphatic rings. The van der Waals surface area contributed by atoms with E-state index >= 15 is 0 Å². The maximum absolute atomic E-state index is 13.3. The van der Waals surface area contributed by atoms with Crippen molar-refractivity contribution in [3.05, 3.63) is 42.2 Å². The van der Waals surface area contributed by atoms with Gasteiger partial charge in [0.05, 0.1) is 0 Å². The first-order chi connectivity index (χ1) is 7.16. The van der Waals surface area contributed by atoms with Crippen molar-refractivity contribution in [2.45, 2.75) is 0 Å². The third-order valence-electron chi connectivity index (χ3n) is 2.03. The smallest absolute Gasteiger partial charge is 0.510 e. The average molecular weight is 206 g/mol. The van der Waals surface area contributed by atoms with Gasteiger partial charge in [0, 0.05) is 0 Å². The van der Waals surface area contributed by atoms with Crippen molar-refractivity contribution in [1.82, 2.24) is 0 Å². The van der Waals surface area contributed by atoms with Crippen LogP contribution in [0.4, 0.5) is 4.39 Å². The van der Waals surface area contributed by atoms with E-state index in [0.717, 1.165) is 10.8 Å². The monoisotopic (exact) mass is 206 g/mol. The average Bonchev–Trinajstić information content (AvgIpc) is 2.18. The van der Waals surface area contributed by atoms with Gasteiger partial charge in [0.15, 0.2) is 5.82 Å². The van der Waals surface area contributed by atoms with Gasteiger partial charge in [-0.05, 0) is 22.9 Å². The molecule has 0 saturated carbocycles. The highest BCUT2D eigenvalue weighted by Crippen LogP contribution is 2.24. The number of fused-ring (bicyclic) bond motifs is 1. The van der Waals surface area contributed by atoms with E-state index in [4.69, 9.17) is 10.0 Å². The molecule has 0 saturated heterocycles. The highest BCUT2D eigenvalue weighted by Gasteiger charge is 2.14. The Morgan fingerprint density at radius 3 is 2.27 bits per heavy atom. The fourth-order valence-corrected chi connectivity index (χ4v) is 1.40. The summed E-state index contributed by atoms with van der Waals surface area (Å²) in [5.41, 5.74) is 0. The number of rotatable bonds is 2. The molecule has 2 rings (SSSR count). The predicted molar refractivity (Wildman–Crippen MR) is 54.7 cm³/mol. The summed E-state index contributed by atoms with van der Waals surface area (Å²) in [5, 5.41) is 18.6. The van der Waals surface area contributed by atoms with Crippen molar-refractivity contribution in [2.24, 2.45) is 0 Å². The first-order valence-corrected chi connectivity index (χ1v) is 4.38. The molecule has 0 aliphatic carbocycles. The second kappa shape index (κ2) is 3.88. The minimum absolute atomic E-state index is 0.177. The van der Waals surface area contributed by atoms with Crippen LogP contribution in [-0.4, -0.2) is 17.4 Å². The maximum atomic E-state index is 13.3. The molecule has 0 aliphatic heterocycles. The second-order valence-electron chi connectivity index (χ2n) is 3.07. The topological polar surface area (TPSA) is 49.7 Å². The molecule has 2 aromatic carbocycles. The quantitative estimate of drug-likeness (QED) is 0.728. The van der Waals surface area contributed by atoms with E-state index in [0.29, 0.717) is 0 Å². The van der Waals surface area contributed by atoms with E-state index in [2.05, 4.69) is 4.65 Å². The molecule has 0 atom stereocenters. The molecule has 0 spiro atoms. The lowest BCUT2D eigenvalue weighted by molar-refractivity contribution is 0.282. The van der Waals surface area contributed by atoms with Gasteiger partial charge in [0.2, 0.25) is 0 Å². The van der Waals surface area contributed by atoms with Crippen LogP contribution in [0.5, 0.6) is 5.75 Å². The molecule has 5 heteroatoms. The predicted octanol–water partition coefficient (Wildman–Crippen LogP) is 1.33. The molecular weight excluding hydrogens is 198 g/mol. The minimum atomic E-state index is -2.01. The normalized spacial score (nSPS) is 10.3. The van der Waals surface area contributed by atoms with E-state index in [1.54, 1.807) is 24.3 Å². The van der Waals surface area contributed by atoms with Gasteiger partial charge in [-0.15, -0.1) is 0 Å². The van der Waals surface area contributed by atoms with Crippen molar-refractivity contribution >= 4 is 18.1 Å². The fourth-order valence-electron chi connectivity index (χ4n) is 1.40. The van der Waals surface area contributed by atoms with Crippen molar-refractivity contribution in [3.63, 3.8) is 0 Å². The number of halogens is 1. The van der Waals surface area contributed by atoms with Gasteiger partial charge < -0.3 is 14.7 Å². The second-order valence-corrected chi connectivity index (χ2v) is 3.07. The summed E-state index contributed by atoms with van der Waals surface area (Å²) in [7, 11) is -2.01. The lowest BCUT2D eigenvalue weighted by Gasteiger charge is -2.07. The SMILES string of the molecule is OB(O)Oc1cc2ccccc2cc1F. The Morgan fingerprint density at radius 1 is 1.07 bits per heavy atom. The van der Waals surface area contributed by atoms with E-state index in [-0.39, 0.29) is 5.75 Å². The summed E-state index contributed by atoms with van der Waals surface area (Å²) in [5.74, 6) is -0.800. The third-order valence-corrected chi connectivity index (χ3v) is 2.03. The Labute approximate surface area is 85.9 Å². The van der Waals surface area contributed by atoms with E-state index in [9.17, 15) is 4.39 Å². The lowest BCUT2D eigenvalue weighted by atomic mass is 10.1. The Hall–Kier alpha value is -1.59. The fraction of sp³-hybridized carbons (Fsp3) is 0. The van der Waals surface area contributed by atoms with Crippen LogP contribution in [0, 0.1) is 5.82 Å². The summed E-state index contributed by atoms with van der Waals surface area (Å²) in [6, 6.07) is 9.85. The van der Waals surface area contributed by atoms with Gasteiger partial charge in [0.1, 0.15) is 5.75 Å². The van der Waals surface area contributed by atoms with Gasteiger partial charge in [-0.3, -0.25) is 0 Å². The highest BCUT2D eigenvalue weighted by molar-refractivity contribution is 6.33. The number of benzene rings is 2. The first kappa shape index (κ1) is 9.95. The van der Waals surface area contributed by atoms with Crippen LogP contribution in [0.3, 0.4) is 0 Å². The molecule has 76 valence electrons. The van der Waals surface area contributed by atoms with E-state index < -0.39 is 13.1 Å². The maximum Gasteiger partial charge on any atom is 0.707 e. The number of hydrogen-bond donors (Lipinski definition) is 2. The molecular formula is C10H8BFO3. The standard InChI is InChI=1S/C10H8BFO3/c12-9-5-7-3-1-2-4-8(7)6-10(9)15-11(13)14/h1-6,13-14H. The van der Waals surface area contributed by atoms with Crippen molar-refractivity contribution in [3.8, 4) is 5.75 Å². The summed E-state index contributed by atoms with van der Waals surface area (Å²) in [6.07, 6.45) is 0. The summed E-state index contributed by atoms with van der Waals surface area (Å²) in [6.45, 7) is 0. The molecule has 0 amide bonds. The first-order valence-electron chi connectivity index (χ1n) is 4.38. The molecule has 0 heterocycles. The minimum Gasteiger partial charge on any atom is -0.510 e. The molecule has 2 N–H and O–H groups in total. The van der Waals surface area contributed by atoms with Crippen molar-refractivity contribution < 1.29 is 19.1 Å². The van der Waals surface area contributed by atoms with Crippen molar-refractivity contribution in [2.75, 3.05) is 0 Å².